The van der Waals surface area contributed by atoms with E-state index in [1.165, 1.54) is 6.33 Å². The maximum Gasteiger partial charge on any atom is 0.242 e. The van der Waals surface area contributed by atoms with Crippen molar-refractivity contribution in [1.29, 1.82) is 0 Å². The van der Waals surface area contributed by atoms with Crippen LogP contribution in [0.4, 0.5) is 5.82 Å². The molecule has 3 heterocycles. The summed E-state index contributed by atoms with van der Waals surface area (Å²) in [5, 5.41) is 0.466. The van der Waals surface area contributed by atoms with Crippen LogP contribution < -0.4 is 4.90 Å². The smallest absolute Gasteiger partial charge is 0.242 e. The van der Waals surface area contributed by atoms with Crippen LogP contribution in [0.2, 0.25) is 5.15 Å². The molecule has 5 nitrogen and oxygen atoms in total. The van der Waals surface area contributed by atoms with Crippen LogP contribution in [-0.2, 0) is 4.79 Å². The summed E-state index contributed by atoms with van der Waals surface area (Å²) in [4.78, 5) is 24.1. The number of fused-ring (bicyclic) bond motifs is 3. The number of hydrogen-bond donors (Lipinski definition) is 0. The van der Waals surface area contributed by atoms with Crippen molar-refractivity contribution in [2.75, 3.05) is 25.0 Å². The van der Waals surface area contributed by atoms with E-state index >= 15 is 0 Å². The molecule has 1 atom stereocenters. The number of nitrogens with zero attached hydrogens (tertiary/aromatic N) is 4. The second-order valence-corrected chi connectivity index (χ2v) is 4.86. The Hall–Kier alpha value is -1.36. The summed E-state index contributed by atoms with van der Waals surface area (Å²) in [5.41, 5.74) is 0.903. The topological polar surface area (TPSA) is 49.3 Å². The third-order valence-electron chi connectivity index (χ3n) is 3.45. The Morgan fingerprint density at radius 3 is 3.12 bits per heavy atom. The summed E-state index contributed by atoms with van der Waals surface area (Å²) in [5.74, 6) is 0.928. The average molecular weight is 253 g/mol. The molecule has 3 rings (SSSR count). The standard InChI is InChI=1S/C11H13ClN4O/c1-15-5-8(17)16-4-2-3-7(16)9-10(12)13-6-14-11(9)15/h6-7H,2-5H2,1H3. The highest BCUT2D eigenvalue weighted by Gasteiger charge is 2.37. The molecule has 0 aliphatic carbocycles. The van der Waals surface area contributed by atoms with Crippen LogP contribution in [0.1, 0.15) is 24.4 Å². The number of anilines is 1. The van der Waals surface area contributed by atoms with E-state index in [-0.39, 0.29) is 11.9 Å². The van der Waals surface area contributed by atoms with Crippen LogP contribution in [0.25, 0.3) is 0 Å². The van der Waals surface area contributed by atoms with E-state index in [2.05, 4.69) is 9.97 Å². The Morgan fingerprint density at radius 2 is 2.29 bits per heavy atom. The van der Waals surface area contributed by atoms with Crippen LogP contribution in [0, 0.1) is 0 Å². The summed E-state index contributed by atoms with van der Waals surface area (Å²) in [6, 6.07) is 0.0520. The lowest BCUT2D eigenvalue weighted by molar-refractivity contribution is -0.130. The third kappa shape index (κ3) is 1.57. The maximum atomic E-state index is 12.1. The predicted molar refractivity (Wildman–Crippen MR) is 64.0 cm³/mol. The number of aromatic nitrogens is 2. The fraction of sp³-hybridized carbons (Fsp3) is 0.545. The molecule has 6 heteroatoms. The van der Waals surface area contributed by atoms with Crippen LogP contribution >= 0.6 is 11.6 Å². The van der Waals surface area contributed by atoms with Crippen molar-refractivity contribution in [2.45, 2.75) is 18.9 Å². The van der Waals surface area contributed by atoms with E-state index in [1.54, 1.807) is 0 Å². The van der Waals surface area contributed by atoms with E-state index in [0.29, 0.717) is 11.7 Å². The number of carbonyl (C=O) groups is 1. The van der Waals surface area contributed by atoms with Crippen molar-refractivity contribution in [2.24, 2.45) is 0 Å². The van der Waals surface area contributed by atoms with Gasteiger partial charge in [-0.25, -0.2) is 9.97 Å². The summed E-state index contributed by atoms with van der Waals surface area (Å²) >= 11 is 6.18. The van der Waals surface area contributed by atoms with Gasteiger partial charge in [0.1, 0.15) is 17.3 Å². The van der Waals surface area contributed by atoms with Gasteiger partial charge in [0.25, 0.3) is 0 Å². The van der Waals surface area contributed by atoms with Crippen LogP contribution in [0.5, 0.6) is 0 Å². The highest BCUT2D eigenvalue weighted by Crippen LogP contribution is 2.41. The first kappa shape index (κ1) is 10.8. The summed E-state index contributed by atoms with van der Waals surface area (Å²) in [6.45, 7) is 1.17. The molecule has 17 heavy (non-hydrogen) atoms. The molecule has 2 aliphatic rings. The molecule has 1 unspecified atom stereocenters. The Kier molecular flexibility index (Phi) is 2.43. The van der Waals surface area contributed by atoms with Crippen molar-refractivity contribution in [3.63, 3.8) is 0 Å². The van der Waals surface area contributed by atoms with E-state index < -0.39 is 0 Å². The van der Waals surface area contributed by atoms with Gasteiger partial charge in [0.15, 0.2) is 0 Å². The zero-order chi connectivity index (χ0) is 12.0. The minimum Gasteiger partial charge on any atom is -0.350 e. The van der Waals surface area contributed by atoms with Gasteiger partial charge in [-0.3, -0.25) is 4.79 Å². The van der Waals surface area contributed by atoms with Crippen LogP contribution in [-0.4, -0.2) is 40.9 Å². The Labute approximate surface area is 104 Å². The molecule has 0 N–H and O–H groups in total. The number of amides is 1. The van der Waals surface area contributed by atoms with Crippen molar-refractivity contribution in [3.05, 3.63) is 17.0 Å². The predicted octanol–water partition coefficient (Wildman–Crippen LogP) is 1.24. The molecule has 1 aromatic heterocycles. The Balaban J connectivity index is 2.18. The second kappa shape index (κ2) is 3.84. The van der Waals surface area contributed by atoms with Crippen molar-refractivity contribution in [3.8, 4) is 0 Å². The van der Waals surface area contributed by atoms with Crippen molar-refractivity contribution < 1.29 is 4.79 Å². The van der Waals surface area contributed by atoms with Gasteiger partial charge < -0.3 is 9.80 Å². The normalized spacial score (nSPS) is 23.4. The molecule has 1 saturated heterocycles. The molecule has 0 spiro atoms. The van der Waals surface area contributed by atoms with Crippen LogP contribution in [0.3, 0.4) is 0 Å². The highest BCUT2D eigenvalue weighted by atomic mass is 35.5. The second-order valence-electron chi connectivity index (χ2n) is 4.50. The van der Waals surface area contributed by atoms with Gasteiger partial charge in [-0.2, -0.15) is 0 Å². The van der Waals surface area contributed by atoms with Crippen molar-refractivity contribution in [1.82, 2.24) is 14.9 Å². The van der Waals surface area contributed by atoms with Gasteiger partial charge in [-0.15, -0.1) is 0 Å². The molecule has 0 radical (unpaired) electrons. The molecule has 0 bridgehead atoms. The monoisotopic (exact) mass is 252 g/mol. The molecule has 1 aromatic rings. The zero-order valence-corrected chi connectivity index (χ0v) is 10.3. The molecule has 1 amide bonds. The third-order valence-corrected chi connectivity index (χ3v) is 3.76. The maximum absolute atomic E-state index is 12.1. The lowest BCUT2D eigenvalue weighted by Gasteiger charge is -2.22. The highest BCUT2D eigenvalue weighted by molar-refractivity contribution is 6.30. The summed E-state index contributed by atoms with van der Waals surface area (Å²) in [6.07, 6.45) is 3.41. The average Bonchev–Trinajstić information content (AvgIpc) is 2.73. The van der Waals surface area contributed by atoms with Gasteiger partial charge in [0, 0.05) is 13.6 Å². The van der Waals surface area contributed by atoms with Crippen LogP contribution in [0.15, 0.2) is 6.33 Å². The molecule has 0 aromatic carbocycles. The quantitative estimate of drug-likeness (QED) is 0.652. The Bertz CT molecular complexity index is 479. The number of hydrogen-bond acceptors (Lipinski definition) is 4. The number of likely N-dealkylation sites (N-methyl/N-ethyl adjacent to an activating group) is 1. The van der Waals surface area contributed by atoms with Gasteiger partial charge >= 0.3 is 0 Å². The SMILES string of the molecule is CN1CC(=O)N2CCCC2c2c(Cl)ncnc21. The van der Waals surface area contributed by atoms with Crippen molar-refractivity contribution >= 4 is 23.3 Å². The molecular formula is C11H13ClN4O. The van der Waals surface area contributed by atoms with Gasteiger partial charge in [-0.1, -0.05) is 11.6 Å². The number of halogens is 1. The minimum atomic E-state index is 0.0520. The molecular weight excluding hydrogens is 240 g/mol. The minimum absolute atomic E-state index is 0.0520. The van der Waals surface area contributed by atoms with E-state index in [1.807, 2.05) is 16.8 Å². The summed E-state index contributed by atoms with van der Waals surface area (Å²) in [7, 11) is 1.86. The molecule has 0 saturated carbocycles. The molecule has 90 valence electrons. The van der Waals surface area contributed by atoms with E-state index in [9.17, 15) is 4.79 Å². The molecule has 2 aliphatic heterocycles. The first-order chi connectivity index (χ1) is 8.18. The first-order valence-corrected chi connectivity index (χ1v) is 6.07. The largest absolute Gasteiger partial charge is 0.350 e. The molecule has 1 fully saturated rings. The fourth-order valence-corrected chi connectivity index (χ4v) is 2.94. The van der Waals surface area contributed by atoms with E-state index in [0.717, 1.165) is 30.8 Å². The summed E-state index contributed by atoms with van der Waals surface area (Å²) < 4.78 is 0. The number of rotatable bonds is 0. The van der Waals surface area contributed by atoms with Gasteiger partial charge in [-0.05, 0) is 12.8 Å². The lowest BCUT2D eigenvalue weighted by atomic mass is 10.1. The Morgan fingerprint density at radius 1 is 1.47 bits per heavy atom. The van der Waals surface area contributed by atoms with Gasteiger partial charge in [0.05, 0.1) is 18.2 Å². The first-order valence-electron chi connectivity index (χ1n) is 5.69. The van der Waals surface area contributed by atoms with E-state index in [4.69, 9.17) is 11.6 Å². The number of carbonyl (C=O) groups excluding carboxylic acids is 1. The lowest BCUT2D eigenvalue weighted by Crippen LogP contribution is -2.35. The van der Waals surface area contributed by atoms with Gasteiger partial charge in [0.2, 0.25) is 5.91 Å². The fourth-order valence-electron chi connectivity index (χ4n) is 2.69. The zero-order valence-electron chi connectivity index (χ0n) is 9.56.